The molecule has 2 fully saturated rings. The number of benzene rings is 3. The highest BCUT2D eigenvalue weighted by Crippen LogP contribution is 2.65. The third-order valence-electron chi connectivity index (χ3n) is 8.21. The van der Waals surface area contributed by atoms with Gasteiger partial charge in [0.05, 0.1) is 29.8 Å². The largest absolute Gasteiger partial charge is 0.490 e. The van der Waals surface area contributed by atoms with E-state index >= 15 is 0 Å². The number of rotatable bonds is 5. The van der Waals surface area contributed by atoms with E-state index in [1.807, 2.05) is 18.2 Å². The fourth-order valence-corrected chi connectivity index (χ4v) is 5.88. The molecular weight excluding hydrogens is 561 g/mol. The molecule has 2 atom stereocenters. The molecule has 3 heterocycles. The van der Waals surface area contributed by atoms with Gasteiger partial charge in [-0.3, -0.25) is 14.8 Å². The van der Waals surface area contributed by atoms with Crippen molar-refractivity contribution in [2.75, 3.05) is 31.6 Å². The van der Waals surface area contributed by atoms with Crippen LogP contribution in [0.25, 0.3) is 23.1 Å². The number of amides is 1. The van der Waals surface area contributed by atoms with Crippen LogP contribution in [-0.2, 0) is 26.3 Å². The van der Waals surface area contributed by atoms with Crippen LogP contribution in [0.15, 0.2) is 66.7 Å². The number of hydrogen-bond donors (Lipinski definition) is 3. The van der Waals surface area contributed by atoms with Crippen LogP contribution in [0.5, 0.6) is 0 Å². The zero-order valence-corrected chi connectivity index (χ0v) is 23.0. The summed E-state index contributed by atoms with van der Waals surface area (Å²) >= 11 is 0. The van der Waals surface area contributed by atoms with Gasteiger partial charge in [-0.25, -0.2) is 4.79 Å². The van der Waals surface area contributed by atoms with Crippen molar-refractivity contribution in [1.82, 2.24) is 15.1 Å². The standard InChI is InChI=1S/C30H28N4O2.C2HF3O2/c35-29-30(24-3-1-2-4-27(24)31-29)18-25(30)22-10-11-23-26(32-33-28(23)17-22)12-9-20-5-7-21(8-6-20)19-34-13-15-36-16-14-34;3-2(4,5)1(6)7/h1-12,17,25H,13-16,18-19H2,(H,31,35)(H,32,33);(H,6,7)/b12-9+;/t25-,30-;/m0./s1. The second kappa shape index (κ2) is 11.3. The van der Waals surface area contributed by atoms with Gasteiger partial charge in [-0.2, -0.15) is 18.3 Å². The molecule has 8 nitrogen and oxygen atoms in total. The molecule has 1 saturated heterocycles. The molecule has 3 aromatic carbocycles. The molecule has 1 aliphatic carbocycles. The second-order valence-electron chi connectivity index (χ2n) is 10.9. The molecule has 222 valence electrons. The SMILES string of the molecule is O=C(O)C(F)(F)F.O=C1Nc2ccccc2[C@]12C[C@H]2c1ccc2c(/C=C/c3ccc(CN4CCOCC4)cc3)n[nH]c2c1. The van der Waals surface area contributed by atoms with Crippen LogP contribution >= 0.6 is 0 Å². The van der Waals surface area contributed by atoms with Crippen molar-refractivity contribution in [3.63, 3.8) is 0 Å². The van der Waals surface area contributed by atoms with Gasteiger partial charge in [-0.1, -0.05) is 60.7 Å². The summed E-state index contributed by atoms with van der Waals surface area (Å²) in [5.41, 5.74) is 7.25. The lowest BCUT2D eigenvalue weighted by Crippen LogP contribution is -2.35. The van der Waals surface area contributed by atoms with Crippen LogP contribution in [0.3, 0.4) is 0 Å². The maximum Gasteiger partial charge on any atom is 0.490 e. The van der Waals surface area contributed by atoms with Gasteiger partial charge in [0.1, 0.15) is 0 Å². The van der Waals surface area contributed by atoms with E-state index in [1.165, 1.54) is 11.1 Å². The highest BCUT2D eigenvalue weighted by atomic mass is 19.4. The number of carbonyl (C=O) groups is 2. The quantitative estimate of drug-likeness (QED) is 0.280. The Morgan fingerprint density at radius 1 is 1.07 bits per heavy atom. The predicted octanol–water partition coefficient (Wildman–Crippen LogP) is 5.58. The Hall–Kier alpha value is -4.48. The second-order valence-corrected chi connectivity index (χ2v) is 10.9. The van der Waals surface area contributed by atoms with Gasteiger partial charge in [0, 0.05) is 36.6 Å². The van der Waals surface area contributed by atoms with Gasteiger partial charge in [0.15, 0.2) is 0 Å². The zero-order valence-electron chi connectivity index (χ0n) is 23.0. The number of aromatic nitrogens is 2. The van der Waals surface area contributed by atoms with Crippen LogP contribution in [0.1, 0.15) is 40.3 Å². The molecule has 0 bridgehead atoms. The first-order valence-corrected chi connectivity index (χ1v) is 13.9. The highest BCUT2D eigenvalue weighted by molar-refractivity contribution is 6.09. The van der Waals surface area contributed by atoms with Crippen molar-refractivity contribution >= 4 is 40.6 Å². The van der Waals surface area contributed by atoms with E-state index in [0.29, 0.717) is 0 Å². The lowest BCUT2D eigenvalue weighted by Gasteiger charge is -2.26. The summed E-state index contributed by atoms with van der Waals surface area (Å²) in [6, 6.07) is 23.2. The minimum absolute atomic E-state index is 0.123. The topological polar surface area (TPSA) is 108 Å². The number of para-hydroxylation sites is 1. The number of alkyl halides is 3. The average Bonchev–Trinajstić information content (AvgIpc) is 3.53. The van der Waals surface area contributed by atoms with E-state index in [-0.39, 0.29) is 11.8 Å². The molecule has 0 unspecified atom stereocenters. The Balaban J connectivity index is 0.000000423. The minimum atomic E-state index is -5.08. The number of nitrogens with one attached hydrogen (secondary N) is 2. The molecule has 1 aromatic heterocycles. The fourth-order valence-electron chi connectivity index (χ4n) is 5.88. The minimum Gasteiger partial charge on any atom is -0.475 e. The van der Waals surface area contributed by atoms with Crippen molar-refractivity contribution in [3.8, 4) is 0 Å². The first-order valence-electron chi connectivity index (χ1n) is 13.9. The lowest BCUT2D eigenvalue weighted by atomic mass is 9.92. The van der Waals surface area contributed by atoms with Crippen molar-refractivity contribution in [3.05, 3.63) is 94.7 Å². The molecule has 1 spiro atoms. The lowest BCUT2D eigenvalue weighted by molar-refractivity contribution is -0.192. The Bertz CT molecular complexity index is 1690. The molecule has 43 heavy (non-hydrogen) atoms. The number of carbonyl (C=O) groups excluding carboxylic acids is 1. The zero-order chi connectivity index (χ0) is 30.2. The van der Waals surface area contributed by atoms with Gasteiger partial charge in [-0.15, -0.1) is 0 Å². The monoisotopic (exact) mass is 590 g/mol. The number of anilines is 1. The third-order valence-corrected chi connectivity index (χ3v) is 8.21. The van der Waals surface area contributed by atoms with Gasteiger partial charge >= 0.3 is 12.1 Å². The van der Waals surface area contributed by atoms with E-state index in [9.17, 15) is 18.0 Å². The Labute approximate surface area is 245 Å². The van der Waals surface area contributed by atoms with E-state index < -0.39 is 17.6 Å². The van der Waals surface area contributed by atoms with Crippen molar-refractivity contribution in [2.24, 2.45) is 0 Å². The molecular formula is C32H29F3N4O4. The molecule has 11 heteroatoms. The fraction of sp³-hybridized carbons (Fsp3) is 0.281. The average molecular weight is 591 g/mol. The first-order chi connectivity index (χ1) is 20.6. The third kappa shape index (κ3) is 5.78. The molecule has 4 aromatic rings. The highest BCUT2D eigenvalue weighted by Gasteiger charge is 2.65. The summed E-state index contributed by atoms with van der Waals surface area (Å²) in [6.45, 7) is 4.61. The van der Waals surface area contributed by atoms with E-state index in [2.05, 4.69) is 81.1 Å². The van der Waals surface area contributed by atoms with Gasteiger partial charge in [-0.05, 0) is 46.9 Å². The number of carboxylic acids is 1. The number of aromatic amines is 1. The number of H-pyrrole nitrogens is 1. The smallest absolute Gasteiger partial charge is 0.475 e. The number of morpholine rings is 1. The van der Waals surface area contributed by atoms with Crippen LogP contribution in [0.2, 0.25) is 0 Å². The number of carboxylic acid groups (broad SMARTS) is 1. The van der Waals surface area contributed by atoms with Crippen molar-refractivity contribution < 1.29 is 32.6 Å². The Morgan fingerprint density at radius 2 is 1.79 bits per heavy atom. The molecule has 2 aliphatic heterocycles. The van der Waals surface area contributed by atoms with E-state index in [0.717, 1.165) is 72.7 Å². The summed E-state index contributed by atoms with van der Waals surface area (Å²) in [4.78, 5) is 24.2. The molecule has 3 aliphatic rings. The van der Waals surface area contributed by atoms with E-state index in [4.69, 9.17) is 14.6 Å². The Morgan fingerprint density at radius 3 is 2.51 bits per heavy atom. The summed E-state index contributed by atoms with van der Waals surface area (Å²) < 4.78 is 37.2. The number of ether oxygens (including phenoxy) is 1. The summed E-state index contributed by atoms with van der Waals surface area (Å²) in [6.07, 6.45) is -0.0593. The van der Waals surface area contributed by atoms with Crippen LogP contribution in [-0.4, -0.2) is 64.6 Å². The molecule has 3 N–H and O–H groups in total. The normalized spacial score (nSPS) is 21.5. The number of hydrogen-bond acceptors (Lipinski definition) is 5. The molecule has 7 rings (SSSR count). The molecule has 1 amide bonds. The summed E-state index contributed by atoms with van der Waals surface area (Å²) in [5.74, 6) is -2.44. The van der Waals surface area contributed by atoms with Crippen LogP contribution < -0.4 is 5.32 Å². The maximum absolute atomic E-state index is 12.9. The van der Waals surface area contributed by atoms with Crippen LogP contribution in [0.4, 0.5) is 18.9 Å². The molecule has 1 saturated carbocycles. The van der Waals surface area contributed by atoms with Crippen molar-refractivity contribution in [2.45, 2.75) is 30.5 Å². The number of halogens is 3. The van der Waals surface area contributed by atoms with Crippen molar-refractivity contribution in [1.29, 1.82) is 0 Å². The van der Waals surface area contributed by atoms with Gasteiger partial charge in [0.2, 0.25) is 5.91 Å². The summed E-state index contributed by atoms with van der Waals surface area (Å²) in [5, 5.41) is 19.0. The van der Waals surface area contributed by atoms with Gasteiger partial charge in [0.25, 0.3) is 0 Å². The van der Waals surface area contributed by atoms with Crippen LogP contribution in [0, 0.1) is 0 Å². The number of fused-ring (bicyclic) bond motifs is 3. The van der Waals surface area contributed by atoms with Gasteiger partial charge < -0.3 is 15.2 Å². The molecule has 0 radical (unpaired) electrons. The van der Waals surface area contributed by atoms with E-state index in [1.54, 1.807) is 0 Å². The number of nitrogens with zero attached hydrogens (tertiary/aromatic N) is 2. The number of aliphatic carboxylic acids is 1. The predicted molar refractivity (Wildman–Crippen MR) is 155 cm³/mol. The summed E-state index contributed by atoms with van der Waals surface area (Å²) in [7, 11) is 0. The first kappa shape index (κ1) is 28.6. The maximum atomic E-state index is 12.9. The Kier molecular flexibility index (Phi) is 7.53.